The van der Waals surface area contributed by atoms with Gasteiger partial charge in [-0.25, -0.2) is 13.8 Å². The molecule has 0 aliphatic carbocycles. The molecule has 5 rings (SSSR count). The number of amidine groups is 1. The van der Waals surface area contributed by atoms with Gasteiger partial charge in [-0.3, -0.25) is 4.79 Å². The van der Waals surface area contributed by atoms with Gasteiger partial charge in [-0.15, -0.1) is 0 Å². The predicted octanol–water partition coefficient (Wildman–Crippen LogP) is 4.92. The molecule has 7 heteroatoms. The quantitative estimate of drug-likeness (QED) is 0.548. The molecule has 1 fully saturated rings. The van der Waals surface area contributed by atoms with Crippen LogP contribution in [0.2, 0.25) is 0 Å². The van der Waals surface area contributed by atoms with E-state index < -0.39 is 23.1 Å². The number of aliphatic imine (C=N–C) groups is 1. The molecule has 32 heavy (non-hydrogen) atoms. The van der Waals surface area contributed by atoms with E-state index in [0.29, 0.717) is 37.7 Å². The molecule has 2 heterocycles. The third-order valence-corrected chi connectivity index (χ3v) is 5.73. The van der Waals surface area contributed by atoms with Gasteiger partial charge < -0.3 is 14.5 Å². The smallest absolute Gasteiger partial charge is 0.259 e. The molecule has 0 bridgehead atoms. The minimum absolute atomic E-state index is 0.329. The third kappa shape index (κ3) is 3.60. The number of amides is 1. The van der Waals surface area contributed by atoms with Gasteiger partial charge >= 0.3 is 0 Å². The maximum atomic E-state index is 14.1. The second kappa shape index (κ2) is 8.07. The summed E-state index contributed by atoms with van der Waals surface area (Å²) in [6.45, 7) is 3.62. The number of para-hydroxylation sites is 1. The Morgan fingerprint density at radius 1 is 0.906 bits per heavy atom. The van der Waals surface area contributed by atoms with E-state index in [9.17, 15) is 13.6 Å². The Morgan fingerprint density at radius 2 is 1.62 bits per heavy atom. The van der Waals surface area contributed by atoms with Gasteiger partial charge in [0.15, 0.2) is 5.75 Å². The van der Waals surface area contributed by atoms with E-state index in [2.05, 4.69) is 4.90 Å². The maximum absolute atomic E-state index is 14.1. The van der Waals surface area contributed by atoms with Gasteiger partial charge in [-0.1, -0.05) is 24.3 Å². The van der Waals surface area contributed by atoms with Gasteiger partial charge in [0.05, 0.1) is 5.56 Å². The van der Waals surface area contributed by atoms with Crippen LogP contribution in [0.1, 0.15) is 21.5 Å². The molecule has 3 aromatic carbocycles. The first-order valence-electron chi connectivity index (χ1n) is 10.5. The van der Waals surface area contributed by atoms with Crippen LogP contribution in [-0.4, -0.2) is 47.7 Å². The summed E-state index contributed by atoms with van der Waals surface area (Å²) in [5, 5.41) is 0. The molecular weight excluding hydrogens is 412 g/mol. The number of rotatable bonds is 1. The lowest BCUT2D eigenvalue weighted by Crippen LogP contribution is -2.51. The molecule has 0 spiro atoms. The number of benzene rings is 3. The lowest BCUT2D eigenvalue weighted by atomic mass is 10.1. The van der Waals surface area contributed by atoms with E-state index in [4.69, 9.17) is 9.73 Å². The van der Waals surface area contributed by atoms with E-state index in [1.807, 2.05) is 49.4 Å². The number of halogens is 2. The van der Waals surface area contributed by atoms with Crippen LogP contribution in [0.5, 0.6) is 11.5 Å². The minimum Gasteiger partial charge on any atom is -0.454 e. The van der Waals surface area contributed by atoms with Crippen molar-refractivity contribution < 1.29 is 18.3 Å². The Labute approximate surface area is 184 Å². The molecule has 0 saturated carbocycles. The molecule has 0 unspecified atom stereocenters. The van der Waals surface area contributed by atoms with Gasteiger partial charge in [-0.05, 0) is 48.9 Å². The fraction of sp³-hybridized carbons (Fsp3) is 0.200. The molecule has 1 saturated heterocycles. The lowest BCUT2D eigenvalue weighted by molar-refractivity contribution is 0.0682. The molecule has 162 valence electrons. The molecule has 0 atom stereocenters. The number of carbonyl (C=O) groups excluding carboxylic acids is 1. The van der Waals surface area contributed by atoms with Crippen LogP contribution in [-0.2, 0) is 0 Å². The van der Waals surface area contributed by atoms with Gasteiger partial charge in [-0.2, -0.15) is 0 Å². The van der Waals surface area contributed by atoms with E-state index in [-0.39, 0.29) is 0 Å². The number of ether oxygens (including phenoxy) is 1. The van der Waals surface area contributed by atoms with Crippen LogP contribution in [0.4, 0.5) is 14.5 Å². The van der Waals surface area contributed by atoms with Gasteiger partial charge in [0.1, 0.15) is 34.5 Å². The minimum atomic E-state index is -0.844. The summed E-state index contributed by atoms with van der Waals surface area (Å²) < 4.78 is 34.3. The van der Waals surface area contributed by atoms with Gasteiger partial charge in [0.2, 0.25) is 0 Å². The monoisotopic (exact) mass is 433 g/mol. The summed E-state index contributed by atoms with van der Waals surface area (Å²) in [5.74, 6) is -0.161. The van der Waals surface area contributed by atoms with Crippen LogP contribution < -0.4 is 4.74 Å². The van der Waals surface area contributed by atoms with Crippen LogP contribution in [0.25, 0.3) is 0 Å². The molecular formula is C25H21F2N3O2. The first-order valence-corrected chi connectivity index (χ1v) is 10.5. The topological polar surface area (TPSA) is 45.1 Å². The fourth-order valence-corrected chi connectivity index (χ4v) is 4.05. The predicted molar refractivity (Wildman–Crippen MR) is 118 cm³/mol. The molecule has 2 aliphatic heterocycles. The molecule has 0 aromatic heterocycles. The highest BCUT2D eigenvalue weighted by Gasteiger charge is 2.29. The summed E-state index contributed by atoms with van der Waals surface area (Å²) in [7, 11) is 0. The van der Waals surface area contributed by atoms with Gasteiger partial charge in [0, 0.05) is 26.2 Å². The van der Waals surface area contributed by atoms with Crippen molar-refractivity contribution in [1.29, 1.82) is 0 Å². The van der Waals surface area contributed by atoms with Crippen molar-refractivity contribution in [2.75, 3.05) is 26.2 Å². The highest BCUT2D eigenvalue weighted by atomic mass is 19.1. The van der Waals surface area contributed by atoms with E-state index in [0.717, 1.165) is 34.8 Å². The summed E-state index contributed by atoms with van der Waals surface area (Å²) in [6, 6.07) is 17.0. The SMILES string of the molecule is Cc1ccc2c(c1)Oc1ccccc1C(N1CCN(C(=O)c3c(F)cccc3F)CC1)=N2. The molecule has 0 N–H and O–H groups in total. The van der Waals surface area contributed by atoms with E-state index >= 15 is 0 Å². The number of hydrogen-bond acceptors (Lipinski definition) is 4. The summed E-state index contributed by atoms with van der Waals surface area (Å²) in [5.41, 5.74) is 2.16. The zero-order valence-corrected chi connectivity index (χ0v) is 17.5. The molecule has 0 radical (unpaired) electrons. The fourth-order valence-electron chi connectivity index (χ4n) is 4.05. The molecule has 1 amide bonds. The molecule has 2 aliphatic rings. The standard InChI is InChI=1S/C25H21F2N3O2/c1-16-9-10-20-22(15-16)32-21-8-3-2-5-17(21)24(28-20)29-11-13-30(14-12-29)25(31)23-18(26)6-4-7-19(23)27/h2-10,15H,11-14H2,1H3. The normalized spacial score (nSPS) is 15.3. The Kier molecular flexibility index (Phi) is 5.09. The van der Waals surface area contributed by atoms with Crippen LogP contribution in [0.15, 0.2) is 65.7 Å². The number of aryl methyl sites for hydroxylation is 1. The van der Waals surface area contributed by atoms with Crippen molar-refractivity contribution in [3.05, 3.63) is 89.0 Å². The molecule has 3 aromatic rings. The number of nitrogens with zero attached hydrogens (tertiary/aromatic N) is 3. The number of carbonyl (C=O) groups is 1. The van der Waals surface area contributed by atoms with Crippen molar-refractivity contribution in [2.24, 2.45) is 4.99 Å². The largest absolute Gasteiger partial charge is 0.454 e. The van der Waals surface area contributed by atoms with Crippen molar-refractivity contribution >= 4 is 17.4 Å². The van der Waals surface area contributed by atoms with Crippen molar-refractivity contribution in [3.8, 4) is 11.5 Å². The number of fused-ring (bicyclic) bond motifs is 2. The second-order valence-electron chi connectivity index (χ2n) is 7.88. The number of hydrogen-bond donors (Lipinski definition) is 0. The van der Waals surface area contributed by atoms with Crippen molar-refractivity contribution in [3.63, 3.8) is 0 Å². The first-order chi connectivity index (χ1) is 15.5. The zero-order valence-electron chi connectivity index (χ0n) is 17.5. The Balaban J connectivity index is 1.42. The van der Waals surface area contributed by atoms with E-state index in [1.54, 1.807) is 0 Å². The van der Waals surface area contributed by atoms with Crippen LogP contribution >= 0.6 is 0 Å². The lowest BCUT2D eigenvalue weighted by Gasteiger charge is -2.36. The van der Waals surface area contributed by atoms with Crippen molar-refractivity contribution in [2.45, 2.75) is 6.92 Å². The second-order valence-corrected chi connectivity index (χ2v) is 7.88. The van der Waals surface area contributed by atoms with Crippen LogP contribution in [0.3, 0.4) is 0 Å². The molecule has 5 nitrogen and oxygen atoms in total. The Morgan fingerprint density at radius 3 is 2.38 bits per heavy atom. The third-order valence-electron chi connectivity index (χ3n) is 5.73. The average Bonchev–Trinajstić information content (AvgIpc) is 2.95. The number of piperazine rings is 1. The van der Waals surface area contributed by atoms with Crippen LogP contribution in [0, 0.1) is 18.6 Å². The zero-order chi connectivity index (χ0) is 22.2. The summed E-state index contributed by atoms with van der Waals surface area (Å²) >= 11 is 0. The summed E-state index contributed by atoms with van der Waals surface area (Å²) in [4.78, 5) is 21.2. The highest BCUT2D eigenvalue weighted by molar-refractivity contribution is 6.04. The van der Waals surface area contributed by atoms with Gasteiger partial charge in [0.25, 0.3) is 5.91 Å². The maximum Gasteiger partial charge on any atom is 0.259 e. The first kappa shape index (κ1) is 20.2. The summed E-state index contributed by atoms with van der Waals surface area (Å²) in [6.07, 6.45) is 0. The van der Waals surface area contributed by atoms with Crippen molar-refractivity contribution in [1.82, 2.24) is 9.80 Å². The Hall–Kier alpha value is -3.74. The average molecular weight is 433 g/mol. The van der Waals surface area contributed by atoms with E-state index in [1.165, 1.54) is 11.0 Å². The Bertz CT molecular complexity index is 1210. The highest BCUT2D eigenvalue weighted by Crippen LogP contribution is 2.38.